The number of pyridine rings is 1. The summed E-state index contributed by atoms with van der Waals surface area (Å²) in [4.78, 5) is 15.0. The van der Waals surface area contributed by atoms with Crippen LogP contribution in [0.5, 0.6) is 5.75 Å². The molecule has 1 unspecified atom stereocenters. The van der Waals surface area contributed by atoms with Gasteiger partial charge in [-0.1, -0.05) is 6.92 Å². The third-order valence-corrected chi connectivity index (χ3v) is 2.12. The Bertz CT molecular complexity index is 387. The summed E-state index contributed by atoms with van der Waals surface area (Å²) in [7, 11) is 0. The molecule has 0 aliphatic heterocycles. The number of carbonyl (C=O) groups is 1. The normalized spacial score (nSPS) is 13.2. The Hall–Kier alpha value is -1.59. The van der Waals surface area contributed by atoms with Crippen molar-refractivity contribution in [1.82, 2.24) is 4.98 Å². The highest BCUT2D eigenvalue weighted by molar-refractivity contribution is 5.93. The number of carbonyl (C=O) groups excluding carboxylic acids is 1. The van der Waals surface area contributed by atoms with Gasteiger partial charge in [0.05, 0.1) is 6.20 Å². The quantitative estimate of drug-likeness (QED) is 0.768. The van der Waals surface area contributed by atoms with Gasteiger partial charge in [-0.15, -0.1) is 0 Å². The maximum Gasteiger partial charge on any atom is 0.425 e. The van der Waals surface area contributed by atoms with Gasteiger partial charge in [0.15, 0.2) is 11.9 Å². The standard InChI is InChI=1S/C11H12F3NO2/c1-3-10(16)9-5-4-8(6-15-9)17-7(2)11(12,13)14/h4-7H,3H2,1-2H3. The number of nitrogens with zero attached hydrogens (tertiary/aromatic N) is 1. The number of halogens is 3. The molecule has 0 aliphatic rings. The molecule has 0 radical (unpaired) electrons. The van der Waals surface area contributed by atoms with Gasteiger partial charge in [0.2, 0.25) is 0 Å². The van der Waals surface area contributed by atoms with Gasteiger partial charge in [0.1, 0.15) is 11.4 Å². The summed E-state index contributed by atoms with van der Waals surface area (Å²) in [5, 5.41) is 0. The fraction of sp³-hybridized carbons (Fsp3) is 0.455. The summed E-state index contributed by atoms with van der Waals surface area (Å²) in [6, 6.07) is 2.66. The van der Waals surface area contributed by atoms with E-state index in [1.54, 1.807) is 6.92 Å². The average molecular weight is 247 g/mol. The molecular weight excluding hydrogens is 235 g/mol. The molecule has 1 atom stereocenters. The largest absolute Gasteiger partial charge is 0.480 e. The van der Waals surface area contributed by atoms with Crippen LogP contribution < -0.4 is 4.74 Å². The van der Waals surface area contributed by atoms with Gasteiger partial charge in [0, 0.05) is 6.42 Å². The van der Waals surface area contributed by atoms with E-state index >= 15 is 0 Å². The summed E-state index contributed by atoms with van der Waals surface area (Å²) in [5.74, 6) is -0.178. The highest BCUT2D eigenvalue weighted by Gasteiger charge is 2.38. The van der Waals surface area contributed by atoms with E-state index in [2.05, 4.69) is 9.72 Å². The van der Waals surface area contributed by atoms with Gasteiger partial charge in [-0.05, 0) is 19.1 Å². The first-order chi connectivity index (χ1) is 7.84. The fourth-order valence-corrected chi connectivity index (χ4v) is 1.07. The van der Waals surface area contributed by atoms with Gasteiger partial charge >= 0.3 is 6.18 Å². The van der Waals surface area contributed by atoms with Crippen LogP contribution in [-0.4, -0.2) is 23.0 Å². The molecule has 0 spiro atoms. The van der Waals surface area contributed by atoms with Gasteiger partial charge in [-0.3, -0.25) is 4.79 Å². The second kappa shape index (κ2) is 5.16. The summed E-state index contributed by atoms with van der Waals surface area (Å²) in [6.45, 7) is 2.59. The van der Waals surface area contributed by atoms with Crippen LogP contribution in [0.25, 0.3) is 0 Å². The van der Waals surface area contributed by atoms with E-state index in [0.29, 0.717) is 6.42 Å². The van der Waals surface area contributed by atoms with Crippen LogP contribution >= 0.6 is 0 Å². The zero-order valence-electron chi connectivity index (χ0n) is 9.41. The van der Waals surface area contributed by atoms with Crippen LogP contribution in [0, 0.1) is 0 Å². The molecule has 0 saturated carbocycles. The first-order valence-corrected chi connectivity index (χ1v) is 5.07. The molecule has 0 N–H and O–H groups in total. The van der Waals surface area contributed by atoms with Crippen LogP contribution in [0.15, 0.2) is 18.3 Å². The van der Waals surface area contributed by atoms with Crippen molar-refractivity contribution in [2.45, 2.75) is 32.5 Å². The predicted octanol–water partition coefficient (Wildman–Crippen LogP) is 3.00. The molecule has 6 heteroatoms. The van der Waals surface area contributed by atoms with Crippen LogP contribution in [0.3, 0.4) is 0 Å². The van der Waals surface area contributed by atoms with Crippen LogP contribution in [0.4, 0.5) is 13.2 Å². The van der Waals surface area contributed by atoms with Crippen molar-refractivity contribution in [1.29, 1.82) is 0 Å². The Morgan fingerprint density at radius 3 is 2.53 bits per heavy atom. The average Bonchev–Trinajstić information content (AvgIpc) is 2.27. The van der Waals surface area contributed by atoms with Crippen molar-refractivity contribution in [2.24, 2.45) is 0 Å². The number of hydrogen-bond acceptors (Lipinski definition) is 3. The van der Waals surface area contributed by atoms with Gasteiger partial charge < -0.3 is 4.74 Å². The van der Waals surface area contributed by atoms with Crippen LogP contribution in [-0.2, 0) is 0 Å². The van der Waals surface area contributed by atoms with Gasteiger partial charge in [-0.25, -0.2) is 4.98 Å². The molecular formula is C11H12F3NO2. The van der Waals surface area contributed by atoms with E-state index in [1.165, 1.54) is 12.1 Å². The molecule has 0 fully saturated rings. The van der Waals surface area contributed by atoms with Crippen molar-refractivity contribution in [3.63, 3.8) is 0 Å². The molecule has 0 aliphatic carbocycles. The Kier molecular flexibility index (Phi) is 4.09. The van der Waals surface area contributed by atoms with E-state index in [4.69, 9.17) is 0 Å². The van der Waals surface area contributed by atoms with Crippen molar-refractivity contribution in [3.05, 3.63) is 24.0 Å². The highest BCUT2D eigenvalue weighted by atomic mass is 19.4. The molecule has 3 nitrogen and oxygen atoms in total. The lowest BCUT2D eigenvalue weighted by Crippen LogP contribution is -2.31. The van der Waals surface area contributed by atoms with Crippen molar-refractivity contribution >= 4 is 5.78 Å². The molecule has 0 bridgehead atoms. The molecule has 1 aromatic heterocycles. The van der Waals surface area contributed by atoms with E-state index < -0.39 is 12.3 Å². The highest BCUT2D eigenvalue weighted by Crippen LogP contribution is 2.24. The minimum Gasteiger partial charge on any atom is -0.480 e. The first-order valence-electron chi connectivity index (χ1n) is 5.07. The number of rotatable bonds is 4. The molecule has 0 amide bonds. The number of Topliss-reactive ketones (excluding diaryl/α,β-unsaturated/α-hetero) is 1. The summed E-state index contributed by atoms with van der Waals surface area (Å²) < 4.78 is 41.2. The maximum atomic E-state index is 12.2. The summed E-state index contributed by atoms with van der Waals surface area (Å²) >= 11 is 0. The first kappa shape index (κ1) is 13.5. The molecule has 1 rings (SSSR count). The van der Waals surface area contributed by atoms with Crippen molar-refractivity contribution in [3.8, 4) is 5.75 Å². The molecule has 1 aromatic rings. The van der Waals surface area contributed by atoms with Crippen LogP contribution in [0.1, 0.15) is 30.8 Å². The second-order valence-corrected chi connectivity index (χ2v) is 3.46. The Morgan fingerprint density at radius 1 is 1.47 bits per heavy atom. The monoisotopic (exact) mass is 247 g/mol. The van der Waals surface area contributed by atoms with Crippen molar-refractivity contribution < 1.29 is 22.7 Å². The van der Waals surface area contributed by atoms with E-state index in [1.807, 2.05) is 0 Å². The number of ether oxygens (including phenoxy) is 1. The lowest BCUT2D eigenvalue weighted by molar-refractivity contribution is -0.189. The molecule has 1 heterocycles. The minimum absolute atomic E-state index is 0.0116. The minimum atomic E-state index is -4.42. The van der Waals surface area contributed by atoms with Gasteiger partial charge in [0.25, 0.3) is 0 Å². The van der Waals surface area contributed by atoms with Gasteiger partial charge in [-0.2, -0.15) is 13.2 Å². The third-order valence-electron chi connectivity index (χ3n) is 2.12. The van der Waals surface area contributed by atoms with E-state index in [0.717, 1.165) is 13.1 Å². The van der Waals surface area contributed by atoms with Crippen LogP contribution in [0.2, 0.25) is 0 Å². The maximum absolute atomic E-state index is 12.2. The smallest absolute Gasteiger partial charge is 0.425 e. The number of hydrogen-bond donors (Lipinski definition) is 0. The summed E-state index contributed by atoms with van der Waals surface area (Å²) in [5.41, 5.74) is 0.222. The lowest BCUT2D eigenvalue weighted by atomic mass is 10.2. The Balaban J connectivity index is 2.72. The topological polar surface area (TPSA) is 39.2 Å². The molecule has 17 heavy (non-hydrogen) atoms. The Morgan fingerprint density at radius 2 is 2.12 bits per heavy atom. The molecule has 94 valence electrons. The number of aromatic nitrogens is 1. The fourth-order valence-electron chi connectivity index (χ4n) is 1.07. The van der Waals surface area contributed by atoms with Crippen molar-refractivity contribution in [2.75, 3.05) is 0 Å². The zero-order valence-corrected chi connectivity index (χ0v) is 9.41. The Labute approximate surface area is 96.6 Å². The summed E-state index contributed by atoms with van der Waals surface area (Å²) in [6.07, 6.45) is -4.91. The third kappa shape index (κ3) is 3.72. The van der Waals surface area contributed by atoms with E-state index in [9.17, 15) is 18.0 Å². The predicted molar refractivity (Wildman–Crippen MR) is 55.0 cm³/mol. The number of ketones is 1. The zero-order chi connectivity index (χ0) is 13.1. The molecule has 0 aromatic carbocycles. The number of alkyl halides is 3. The second-order valence-electron chi connectivity index (χ2n) is 3.46. The van der Waals surface area contributed by atoms with E-state index in [-0.39, 0.29) is 17.2 Å². The molecule has 0 saturated heterocycles. The SMILES string of the molecule is CCC(=O)c1ccc(OC(C)C(F)(F)F)cn1. The lowest BCUT2D eigenvalue weighted by Gasteiger charge is -2.17.